The van der Waals surface area contributed by atoms with Gasteiger partial charge in [0, 0.05) is 17.7 Å². The van der Waals surface area contributed by atoms with E-state index in [0.29, 0.717) is 12.8 Å². The first-order valence-corrected chi connectivity index (χ1v) is 8.75. The first-order chi connectivity index (χ1) is 12.1. The molecule has 1 aromatic heterocycles. The molecule has 0 saturated heterocycles. The van der Waals surface area contributed by atoms with Gasteiger partial charge in [0.05, 0.1) is 25.5 Å². The van der Waals surface area contributed by atoms with Gasteiger partial charge in [0.1, 0.15) is 11.4 Å². The number of benzene rings is 1. The summed E-state index contributed by atoms with van der Waals surface area (Å²) in [7, 11) is 1.63. The first-order valence-electron chi connectivity index (χ1n) is 8.75. The van der Waals surface area contributed by atoms with Gasteiger partial charge in [0.2, 0.25) is 5.91 Å². The standard InChI is InChI=1S/C19H25N3O3/c1-13(21-19(24)14-7-9-16(23)10-8-14)15-11-20-22(12-15)17-5-3-4-6-18(17)25-2/h3-6,11-14,16,23H,7-10H2,1-2H3,(H,21,24)/t13-,14?,16?/m0/s1. The molecule has 6 nitrogen and oxygen atoms in total. The number of para-hydroxylation sites is 2. The minimum Gasteiger partial charge on any atom is -0.494 e. The Bertz CT molecular complexity index is 720. The smallest absolute Gasteiger partial charge is 0.223 e. The number of hydrogen-bond donors (Lipinski definition) is 2. The molecule has 1 amide bonds. The Kier molecular flexibility index (Phi) is 5.38. The van der Waals surface area contributed by atoms with Crippen LogP contribution in [0, 0.1) is 5.92 Å². The Morgan fingerprint density at radius 1 is 1.32 bits per heavy atom. The summed E-state index contributed by atoms with van der Waals surface area (Å²) in [5.74, 6) is 0.800. The van der Waals surface area contributed by atoms with Crippen LogP contribution in [0.5, 0.6) is 5.75 Å². The van der Waals surface area contributed by atoms with Crippen molar-refractivity contribution in [3.8, 4) is 11.4 Å². The van der Waals surface area contributed by atoms with Crippen molar-refractivity contribution in [2.45, 2.75) is 44.8 Å². The summed E-state index contributed by atoms with van der Waals surface area (Å²) < 4.78 is 7.13. The van der Waals surface area contributed by atoms with Gasteiger partial charge in [0.25, 0.3) is 0 Å². The quantitative estimate of drug-likeness (QED) is 0.875. The van der Waals surface area contributed by atoms with E-state index in [0.717, 1.165) is 29.8 Å². The Labute approximate surface area is 147 Å². The molecule has 0 radical (unpaired) electrons. The van der Waals surface area contributed by atoms with Crippen LogP contribution in [0.3, 0.4) is 0 Å². The molecule has 2 N–H and O–H groups in total. The lowest BCUT2D eigenvalue weighted by atomic mass is 9.86. The summed E-state index contributed by atoms with van der Waals surface area (Å²) in [5.41, 5.74) is 1.80. The van der Waals surface area contributed by atoms with E-state index in [2.05, 4.69) is 10.4 Å². The van der Waals surface area contributed by atoms with E-state index in [9.17, 15) is 9.90 Å². The third kappa shape index (κ3) is 4.02. The lowest BCUT2D eigenvalue weighted by Gasteiger charge is -2.25. The summed E-state index contributed by atoms with van der Waals surface area (Å²) in [6.07, 6.45) is 6.34. The van der Waals surface area contributed by atoms with E-state index in [1.54, 1.807) is 18.0 Å². The normalized spacial score (nSPS) is 21.6. The number of carbonyl (C=O) groups excluding carboxylic acids is 1. The Hall–Kier alpha value is -2.34. The number of aliphatic hydroxyl groups excluding tert-OH is 1. The zero-order valence-corrected chi connectivity index (χ0v) is 14.7. The average molecular weight is 343 g/mol. The fourth-order valence-electron chi connectivity index (χ4n) is 3.26. The molecule has 0 spiro atoms. The van der Waals surface area contributed by atoms with Gasteiger partial charge in [-0.1, -0.05) is 12.1 Å². The van der Waals surface area contributed by atoms with Crippen LogP contribution in [0.15, 0.2) is 36.7 Å². The molecule has 1 saturated carbocycles. The van der Waals surface area contributed by atoms with Crippen molar-refractivity contribution in [3.63, 3.8) is 0 Å². The van der Waals surface area contributed by atoms with E-state index < -0.39 is 0 Å². The monoisotopic (exact) mass is 343 g/mol. The second-order valence-corrected chi connectivity index (χ2v) is 6.63. The first kappa shape index (κ1) is 17.5. The molecule has 1 heterocycles. The molecule has 1 aliphatic rings. The molecule has 0 unspecified atom stereocenters. The van der Waals surface area contributed by atoms with Gasteiger partial charge in [-0.05, 0) is 44.7 Å². The zero-order chi connectivity index (χ0) is 17.8. The summed E-state index contributed by atoms with van der Waals surface area (Å²) in [4.78, 5) is 12.4. The third-order valence-electron chi connectivity index (χ3n) is 4.86. The molecule has 1 fully saturated rings. The second-order valence-electron chi connectivity index (χ2n) is 6.63. The van der Waals surface area contributed by atoms with Gasteiger partial charge in [-0.3, -0.25) is 4.79 Å². The lowest BCUT2D eigenvalue weighted by molar-refractivity contribution is -0.127. The summed E-state index contributed by atoms with van der Waals surface area (Å²) in [6, 6.07) is 7.55. The number of nitrogens with zero attached hydrogens (tertiary/aromatic N) is 2. The van der Waals surface area contributed by atoms with Gasteiger partial charge in [-0.25, -0.2) is 4.68 Å². The summed E-state index contributed by atoms with van der Waals surface area (Å²) in [5, 5.41) is 17.0. The number of amides is 1. The van der Waals surface area contributed by atoms with Crippen LogP contribution in [0.2, 0.25) is 0 Å². The van der Waals surface area contributed by atoms with E-state index in [-0.39, 0.29) is 24.0 Å². The predicted molar refractivity (Wildman–Crippen MR) is 94.6 cm³/mol. The molecular weight excluding hydrogens is 318 g/mol. The highest BCUT2D eigenvalue weighted by molar-refractivity contribution is 5.79. The van der Waals surface area contributed by atoms with Crippen molar-refractivity contribution in [2.75, 3.05) is 7.11 Å². The van der Waals surface area contributed by atoms with E-state index in [1.165, 1.54) is 0 Å². The van der Waals surface area contributed by atoms with Gasteiger partial charge in [-0.2, -0.15) is 5.10 Å². The van der Waals surface area contributed by atoms with Crippen molar-refractivity contribution in [1.29, 1.82) is 0 Å². The van der Waals surface area contributed by atoms with Crippen molar-refractivity contribution in [2.24, 2.45) is 5.92 Å². The highest BCUT2D eigenvalue weighted by Gasteiger charge is 2.26. The topological polar surface area (TPSA) is 76.4 Å². The average Bonchev–Trinajstić information content (AvgIpc) is 3.12. The molecule has 1 aliphatic carbocycles. The SMILES string of the molecule is COc1ccccc1-n1cc([C@H](C)NC(=O)C2CCC(O)CC2)cn1. The number of nitrogens with one attached hydrogen (secondary N) is 1. The van der Waals surface area contributed by atoms with Crippen molar-refractivity contribution >= 4 is 5.91 Å². The fraction of sp³-hybridized carbons (Fsp3) is 0.474. The maximum absolute atomic E-state index is 12.4. The molecule has 1 atom stereocenters. The Balaban J connectivity index is 1.66. The highest BCUT2D eigenvalue weighted by Crippen LogP contribution is 2.26. The van der Waals surface area contributed by atoms with Crippen molar-refractivity contribution in [1.82, 2.24) is 15.1 Å². The lowest BCUT2D eigenvalue weighted by Crippen LogP contribution is -2.35. The molecule has 25 heavy (non-hydrogen) atoms. The number of carbonyl (C=O) groups is 1. The van der Waals surface area contributed by atoms with E-state index in [1.807, 2.05) is 37.4 Å². The minimum atomic E-state index is -0.249. The largest absolute Gasteiger partial charge is 0.494 e. The van der Waals surface area contributed by atoms with Gasteiger partial charge in [-0.15, -0.1) is 0 Å². The Morgan fingerprint density at radius 2 is 2.04 bits per heavy atom. The van der Waals surface area contributed by atoms with E-state index >= 15 is 0 Å². The number of aliphatic hydroxyl groups is 1. The molecule has 0 bridgehead atoms. The van der Waals surface area contributed by atoms with Gasteiger partial charge >= 0.3 is 0 Å². The summed E-state index contributed by atoms with van der Waals surface area (Å²) >= 11 is 0. The predicted octanol–water partition coefficient (Wildman–Crippen LogP) is 2.61. The van der Waals surface area contributed by atoms with Crippen molar-refractivity contribution < 1.29 is 14.6 Å². The van der Waals surface area contributed by atoms with Gasteiger partial charge in [0.15, 0.2) is 0 Å². The maximum Gasteiger partial charge on any atom is 0.223 e. The second kappa shape index (κ2) is 7.70. The minimum absolute atomic E-state index is 0.00453. The Morgan fingerprint density at radius 3 is 2.76 bits per heavy atom. The van der Waals surface area contributed by atoms with Crippen LogP contribution >= 0.6 is 0 Å². The fourth-order valence-corrected chi connectivity index (χ4v) is 3.26. The number of ether oxygens (including phenoxy) is 1. The molecule has 6 heteroatoms. The van der Waals surface area contributed by atoms with Gasteiger partial charge < -0.3 is 15.2 Å². The van der Waals surface area contributed by atoms with Crippen LogP contribution < -0.4 is 10.1 Å². The van der Waals surface area contributed by atoms with Crippen molar-refractivity contribution in [3.05, 3.63) is 42.2 Å². The third-order valence-corrected chi connectivity index (χ3v) is 4.86. The number of aromatic nitrogens is 2. The van der Waals surface area contributed by atoms with Crippen LogP contribution in [-0.4, -0.2) is 34.0 Å². The van der Waals surface area contributed by atoms with Crippen LogP contribution in [0.1, 0.15) is 44.2 Å². The van der Waals surface area contributed by atoms with E-state index in [4.69, 9.17) is 4.74 Å². The maximum atomic E-state index is 12.4. The van der Waals surface area contributed by atoms with Crippen LogP contribution in [0.4, 0.5) is 0 Å². The molecular formula is C19H25N3O3. The summed E-state index contributed by atoms with van der Waals surface area (Å²) in [6.45, 7) is 1.96. The molecule has 3 rings (SSSR count). The molecule has 0 aliphatic heterocycles. The molecule has 1 aromatic carbocycles. The number of methoxy groups -OCH3 is 1. The van der Waals surface area contributed by atoms with Crippen LogP contribution in [-0.2, 0) is 4.79 Å². The molecule has 134 valence electrons. The van der Waals surface area contributed by atoms with Crippen LogP contribution in [0.25, 0.3) is 5.69 Å². The number of hydrogen-bond acceptors (Lipinski definition) is 4. The number of rotatable bonds is 5. The highest BCUT2D eigenvalue weighted by atomic mass is 16.5. The zero-order valence-electron chi connectivity index (χ0n) is 14.7. The molecule has 2 aromatic rings.